The van der Waals surface area contributed by atoms with Crippen LogP contribution >= 0.6 is 35.3 Å². The maximum absolute atomic E-state index is 12.8. The Bertz CT molecular complexity index is 1180. The summed E-state index contributed by atoms with van der Waals surface area (Å²) in [5, 5.41) is 4.00. The predicted molar refractivity (Wildman–Crippen MR) is 136 cm³/mol. The van der Waals surface area contributed by atoms with Crippen LogP contribution in [0.1, 0.15) is 5.56 Å². The number of nitrogens with zero attached hydrogens (tertiary/aromatic N) is 3. The van der Waals surface area contributed by atoms with E-state index >= 15 is 0 Å². The number of hydrogen-bond donors (Lipinski definition) is 2. The van der Waals surface area contributed by atoms with E-state index in [0.717, 1.165) is 42.3 Å². The number of allylic oxidation sites excluding steroid dienone is 2. The first-order valence-electron chi connectivity index (χ1n) is 10.9. The number of piperazine rings is 1. The highest BCUT2D eigenvalue weighted by molar-refractivity contribution is 7.95. The molecule has 0 bridgehead atoms. The number of rotatable bonds is 5. The summed E-state index contributed by atoms with van der Waals surface area (Å²) in [6.45, 7) is 3.73. The molecule has 0 unspecified atom stereocenters. The van der Waals surface area contributed by atoms with Gasteiger partial charge in [-0.25, -0.2) is 4.79 Å². The summed E-state index contributed by atoms with van der Waals surface area (Å²) in [4.78, 5) is 17.0. The van der Waals surface area contributed by atoms with E-state index in [4.69, 9.17) is 27.9 Å². The van der Waals surface area contributed by atoms with Crippen LogP contribution in [0.3, 0.4) is 0 Å². The van der Waals surface area contributed by atoms with Crippen LogP contribution in [0.15, 0.2) is 78.4 Å². The smallest absolute Gasteiger partial charge is 0.321 e. The highest BCUT2D eigenvalue weighted by atomic mass is 35.5. The highest BCUT2D eigenvalue weighted by Gasteiger charge is 2.25. The number of amides is 2. The number of halogens is 2. The molecule has 176 valence electrons. The van der Waals surface area contributed by atoms with Crippen molar-refractivity contribution in [2.45, 2.75) is 6.54 Å². The Morgan fingerprint density at radius 3 is 2.71 bits per heavy atom. The second kappa shape index (κ2) is 10.2. The predicted octanol–water partition coefficient (Wildman–Crippen LogP) is 5.33. The minimum atomic E-state index is -0.0732. The van der Waals surface area contributed by atoms with Crippen LogP contribution in [0.25, 0.3) is 0 Å². The number of hydrogen-bond acceptors (Lipinski definition) is 6. The summed E-state index contributed by atoms with van der Waals surface area (Å²) in [6.07, 6.45) is 7.68. The standard InChI is InChI=1S/C24H23Cl2N5O2S/c25-20-7-6-19(14-21(20)26)33-18-4-1-3-17(13-18)16-29-9-11-30(12-10-29)24(32)28-22-5-2-8-31-23(22)15-27-34-31/h1-8,13-15,27H,9-12,16H2,(H,28,32). The van der Waals surface area contributed by atoms with Crippen LogP contribution in [-0.2, 0) is 6.54 Å². The average Bonchev–Trinajstić information content (AvgIpc) is 3.32. The minimum Gasteiger partial charge on any atom is -0.457 e. The molecule has 0 saturated carbocycles. The fraction of sp³-hybridized carbons (Fsp3) is 0.208. The lowest BCUT2D eigenvalue weighted by atomic mass is 10.2. The van der Waals surface area contributed by atoms with E-state index in [1.165, 1.54) is 12.1 Å². The molecule has 2 amide bonds. The molecule has 3 aliphatic rings. The van der Waals surface area contributed by atoms with Crippen LogP contribution < -0.4 is 14.8 Å². The maximum Gasteiger partial charge on any atom is 0.321 e. The van der Waals surface area contributed by atoms with Crippen LogP contribution in [0.5, 0.6) is 11.5 Å². The molecular weight excluding hydrogens is 493 g/mol. The number of nitrogens with one attached hydrogen (secondary N) is 2. The van der Waals surface area contributed by atoms with Crippen molar-refractivity contribution in [2.75, 3.05) is 26.2 Å². The van der Waals surface area contributed by atoms with Crippen molar-refractivity contribution < 1.29 is 9.53 Å². The molecule has 0 aromatic heterocycles. The Morgan fingerprint density at radius 1 is 1.06 bits per heavy atom. The van der Waals surface area contributed by atoms with Gasteiger partial charge in [0.1, 0.15) is 11.5 Å². The van der Waals surface area contributed by atoms with Crippen LogP contribution in [0.4, 0.5) is 4.79 Å². The van der Waals surface area contributed by atoms with E-state index in [-0.39, 0.29) is 6.03 Å². The first kappa shape index (κ1) is 23.0. The zero-order chi connectivity index (χ0) is 23.5. The van der Waals surface area contributed by atoms with Crippen molar-refractivity contribution in [1.82, 2.24) is 24.1 Å². The van der Waals surface area contributed by atoms with Gasteiger partial charge in [-0.3, -0.25) is 9.21 Å². The van der Waals surface area contributed by atoms with Gasteiger partial charge in [0.2, 0.25) is 0 Å². The third kappa shape index (κ3) is 5.31. The molecule has 0 aliphatic carbocycles. The molecular formula is C24H23Cl2N5O2S. The summed E-state index contributed by atoms with van der Waals surface area (Å²) >= 11 is 13.5. The van der Waals surface area contributed by atoms with Gasteiger partial charge in [-0.05, 0) is 42.0 Å². The fourth-order valence-corrected chi connectivity index (χ4v) is 4.86. The number of ether oxygens (including phenoxy) is 1. The van der Waals surface area contributed by atoms with Gasteiger partial charge in [-0.2, -0.15) is 0 Å². The van der Waals surface area contributed by atoms with E-state index in [1.54, 1.807) is 18.2 Å². The highest BCUT2D eigenvalue weighted by Crippen LogP contribution is 2.30. The van der Waals surface area contributed by atoms with E-state index in [0.29, 0.717) is 28.9 Å². The molecule has 5 rings (SSSR count). The van der Waals surface area contributed by atoms with Gasteiger partial charge in [-0.1, -0.05) is 35.3 Å². The molecule has 0 atom stereocenters. The summed E-state index contributed by atoms with van der Waals surface area (Å²) in [5.74, 6) is 1.38. The first-order chi connectivity index (χ1) is 16.5. The lowest BCUT2D eigenvalue weighted by molar-refractivity contribution is 0.137. The largest absolute Gasteiger partial charge is 0.457 e. The molecule has 2 aromatic rings. The molecule has 3 heterocycles. The van der Waals surface area contributed by atoms with Gasteiger partial charge < -0.3 is 19.7 Å². The minimum absolute atomic E-state index is 0.0732. The Kier molecular flexibility index (Phi) is 6.92. The van der Waals surface area contributed by atoms with Gasteiger partial charge in [0.05, 0.1) is 33.6 Å². The molecule has 0 spiro atoms. The van der Waals surface area contributed by atoms with E-state index in [1.807, 2.05) is 52.0 Å². The van der Waals surface area contributed by atoms with E-state index in [9.17, 15) is 4.79 Å². The molecule has 3 aliphatic heterocycles. The number of benzene rings is 2. The molecule has 1 saturated heterocycles. The van der Waals surface area contributed by atoms with Crippen LogP contribution in [0, 0.1) is 0 Å². The van der Waals surface area contributed by atoms with Crippen molar-refractivity contribution in [2.24, 2.45) is 0 Å². The Morgan fingerprint density at radius 2 is 1.88 bits per heavy atom. The molecule has 10 heteroatoms. The average molecular weight is 516 g/mol. The summed E-state index contributed by atoms with van der Waals surface area (Å²) in [6, 6.07) is 13.1. The first-order valence-corrected chi connectivity index (χ1v) is 12.4. The zero-order valence-electron chi connectivity index (χ0n) is 18.2. The van der Waals surface area contributed by atoms with Crippen molar-refractivity contribution in [3.05, 3.63) is 94.0 Å². The quantitative estimate of drug-likeness (QED) is 0.524. The van der Waals surface area contributed by atoms with Gasteiger partial charge in [0.25, 0.3) is 0 Å². The molecule has 2 aromatic carbocycles. The molecule has 1 fully saturated rings. The maximum atomic E-state index is 12.8. The second-order valence-electron chi connectivity index (χ2n) is 8.01. The Balaban J connectivity index is 1.13. The van der Waals surface area contributed by atoms with Crippen molar-refractivity contribution in [1.29, 1.82) is 0 Å². The summed E-state index contributed by atoms with van der Waals surface area (Å²) in [7, 11) is 0. The Labute approximate surface area is 212 Å². The third-order valence-electron chi connectivity index (χ3n) is 5.68. The summed E-state index contributed by atoms with van der Waals surface area (Å²) < 4.78 is 11.0. The normalized spacial score (nSPS) is 17.6. The van der Waals surface area contributed by atoms with E-state index < -0.39 is 0 Å². The van der Waals surface area contributed by atoms with Crippen molar-refractivity contribution in [3.63, 3.8) is 0 Å². The SMILES string of the molecule is O=C(NC1=CC=CN2SNC=C12)N1CCN(Cc2cccc(Oc3ccc(Cl)c(Cl)c3)c2)CC1. The lowest BCUT2D eigenvalue weighted by Crippen LogP contribution is -2.51. The Hall–Kier alpha value is -2.78. The van der Waals surface area contributed by atoms with E-state index in [2.05, 4.69) is 21.0 Å². The molecule has 2 N–H and O–H groups in total. The number of carbonyl (C=O) groups is 1. The number of fused-ring (bicyclic) bond motifs is 1. The molecule has 7 nitrogen and oxygen atoms in total. The third-order valence-corrected chi connectivity index (χ3v) is 7.15. The lowest BCUT2D eigenvalue weighted by Gasteiger charge is -2.35. The van der Waals surface area contributed by atoms with Crippen LogP contribution in [0.2, 0.25) is 10.0 Å². The fourth-order valence-electron chi connectivity index (χ4n) is 3.91. The number of carbonyl (C=O) groups excluding carboxylic acids is 1. The molecule has 34 heavy (non-hydrogen) atoms. The monoisotopic (exact) mass is 515 g/mol. The molecule has 0 radical (unpaired) electrons. The van der Waals surface area contributed by atoms with Gasteiger partial charge in [-0.15, -0.1) is 0 Å². The topological polar surface area (TPSA) is 60.1 Å². The van der Waals surface area contributed by atoms with Gasteiger partial charge in [0, 0.05) is 51.2 Å². The van der Waals surface area contributed by atoms with Crippen LogP contribution in [-0.4, -0.2) is 46.3 Å². The number of urea groups is 1. The zero-order valence-corrected chi connectivity index (χ0v) is 20.5. The van der Waals surface area contributed by atoms with Crippen molar-refractivity contribution >= 4 is 41.4 Å². The van der Waals surface area contributed by atoms with Crippen molar-refractivity contribution in [3.8, 4) is 11.5 Å². The van der Waals surface area contributed by atoms with Gasteiger partial charge >= 0.3 is 6.03 Å². The summed E-state index contributed by atoms with van der Waals surface area (Å²) in [5.41, 5.74) is 2.89. The van der Waals surface area contributed by atoms with Gasteiger partial charge in [0.15, 0.2) is 0 Å². The second-order valence-corrected chi connectivity index (χ2v) is 9.63.